The number of hydrogen-bond acceptors (Lipinski definition) is 4. The number of carbonyl (C=O) groups excluding carboxylic acids is 1. The average molecular weight is 413 g/mol. The summed E-state index contributed by atoms with van der Waals surface area (Å²) >= 11 is 0. The lowest BCUT2D eigenvalue weighted by Crippen LogP contribution is -2.70. The maximum atomic E-state index is 13.4. The number of aliphatic hydroxyl groups excluding tert-OH is 1. The van der Waals surface area contributed by atoms with Crippen molar-refractivity contribution in [3.05, 3.63) is 60.2 Å². The second-order valence-corrected chi connectivity index (χ2v) is 10.1. The highest BCUT2D eigenvalue weighted by Crippen LogP contribution is 2.50. The maximum absolute atomic E-state index is 13.4. The number of nitrogens with zero attached hydrogens (tertiary/aromatic N) is 2. The first-order valence-corrected chi connectivity index (χ1v) is 11.5. The van der Waals surface area contributed by atoms with Gasteiger partial charge in [-0.2, -0.15) is 0 Å². The Morgan fingerprint density at radius 1 is 1.03 bits per heavy atom. The quantitative estimate of drug-likeness (QED) is 0.818. The van der Waals surface area contributed by atoms with E-state index in [1.54, 1.807) is 35.2 Å². The molecule has 3 aliphatic rings. The topological polar surface area (TPSA) is 77.9 Å². The molecular formula is C22H24N2O4S. The molecule has 5 rings (SSSR count). The van der Waals surface area contributed by atoms with Crippen LogP contribution < -0.4 is 4.31 Å². The molecule has 7 heteroatoms. The van der Waals surface area contributed by atoms with Crippen LogP contribution in [0.3, 0.4) is 0 Å². The van der Waals surface area contributed by atoms with E-state index in [2.05, 4.69) is 0 Å². The Labute approximate surface area is 170 Å². The van der Waals surface area contributed by atoms with Crippen LogP contribution in [0.25, 0.3) is 0 Å². The van der Waals surface area contributed by atoms with Crippen LogP contribution in [0.2, 0.25) is 0 Å². The Morgan fingerprint density at radius 3 is 2.41 bits per heavy atom. The Hall–Kier alpha value is -2.38. The number of amides is 1. The largest absolute Gasteiger partial charge is 0.394 e. The molecule has 6 nitrogen and oxygen atoms in total. The summed E-state index contributed by atoms with van der Waals surface area (Å²) in [4.78, 5) is 14.9. The van der Waals surface area contributed by atoms with Crippen LogP contribution in [0.5, 0.6) is 0 Å². The number of rotatable bonds is 5. The molecule has 2 aromatic carbocycles. The molecule has 1 saturated heterocycles. The standard InChI is InChI=1S/C22H24N2O4S/c25-14-20-22-17-8-4-5-9-18(17)23(29(27,28)16-6-2-1-3-7-16)13-19(22)24(20)21(26)12-15-10-11-15/h1-9,15,19-20,22,25H,10-14H2/t19-,20-,22+/m0/s1. The van der Waals surface area contributed by atoms with Crippen molar-refractivity contribution < 1.29 is 18.3 Å². The van der Waals surface area contributed by atoms with Crippen LogP contribution in [0.15, 0.2) is 59.5 Å². The van der Waals surface area contributed by atoms with E-state index in [4.69, 9.17) is 0 Å². The van der Waals surface area contributed by atoms with E-state index >= 15 is 0 Å². The Bertz CT molecular complexity index is 1040. The minimum Gasteiger partial charge on any atom is -0.394 e. The fourth-order valence-electron chi connectivity index (χ4n) is 4.82. The van der Waals surface area contributed by atoms with Gasteiger partial charge >= 0.3 is 0 Å². The highest BCUT2D eigenvalue weighted by atomic mass is 32.2. The lowest BCUT2D eigenvalue weighted by Gasteiger charge is -2.59. The molecule has 1 N–H and O–H groups in total. The summed E-state index contributed by atoms with van der Waals surface area (Å²) in [5, 5.41) is 10.00. The van der Waals surface area contributed by atoms with Crippen LogP contribution in [0.4, 0.5) is 5.69 Å². The monoisotopic (exact) mass is 412 g/mol. The number of sulfonamides is 1. The van der Waals surface area contributed by atoms with Crippen LogP contribution in [-0.2, 0) is 14.8 Å². The molecule has 0 radical (unpaired) electrons. The maximum Gasteiger partial charge on any atom is 0.264 e. The number of fused-ring (bicyclic) bond motifs is 3. The van der Waals surface area contributed by atoms with Crippen molar-refractivity contribution in [1.82, 2.24) is 4.90 Å². The third-order valence-electron chi connectivity index (χ3n) is 6.43. The first-order valence-electron chi connectivity index (χ1n) is 10.1. The van der Waals surface area contributed by atoms with Gasteiger partial charge in [0.1, 0.15) is 0 Å². The Kier molecular flexibility index (Phi) is 4.40. The minimum atomic E-state index is -3.75. The molecule has 2 fully saturated rings. The number of benzene rings is 2. The molecule has 29 heavy (non-hydrogen) atoms. The predicted octanol–water partition coefficient (Wildman–Crippen LogP) is 2.35. The molecule has 152 valence electrons. The number of anilines is 1. The number of aliphatic hydroxyl groups is 1. The van der Waals surface area contributed by atoms with Crippen LogP contribution in [-0.4, -0.2) is 49.6 Å². The molecule has 1 saturated carbocycles. The van der Waals surface area contributed by atoms with Crippen LogP contribution in [0.1, 0.15) is 30.7 Å². The summed E-state index contributed by atoms with van der Waals surface area (Å²) in [6, 6.07) is 15.3. The van der Waals surface area contributed by atoms with Crippen molar-refractivity contribution in [2.24, 2.45) is 5.92 Å². The molecule has 2 heterocycles. The van der Waals surface area contributed by atoms with E-state index in [0.717, 1.165) is 18.4 Å². The summed E-state index contributed by atoms with van der Waals surface area (Å²) < 4.78 is 28.3. The second kappa shape index (κ2) is 6.85. The molecule has 0 aromatic heterocycles. The summed E-state index contributed by atoms with van der Waals surface area (Å²) in [6.07, 6.45) is 2.65. The molecule has 0 unspecified atom stereocenters. The minimum absolute atomic E-state index is 0.0317. The van der Waals surface area contributed by atoms with E-state index in [1.165, 1.54) is 4.31 Å². The van der Waals surface area contributed by atoms with Gasteiger partial charge in [0.15, 0.2) is 0 Å². The Morgan fingerprint density at radius 2 is 1.72 bits per heavy atom. The molecule has 1 amide bonds. The Balaban J connectivity index is 1.54. The lowest BCUT2D eigenvalue weighted by atomic mass is 9.72. The van der Waals surface area contributed by atoms with Gasteiger partial charge in [-0.1, -0.05) is 36.4 Å². The zero-order chi connectivity index (χ0) is 20.2. The third-order valence-corrected chi connectivity index (χ3v) is 8.22. The highest BCUT2D eigenvalue weighted by molar-refractivity contribution is 7.92. The molecule has 2 aromatic rings. The van der Waals surface area contributed by atoms with Crippen molar-refractivity contribution in [3.63, 3.8) is 0 Å². The first-order chi connectivity index (χ1) is 14.0. The number of para-hydroxylation sites is 1. The third kappa shape index (κ3) is 2.95. The van der Waals surface area contributed by atoms with Gasteiger partial charge in [0.25, 0.3) is 10.0 Å². The van der Waals surface area contributed by atoms with Gasteiger partial charge in [-0.15, -0.1) is 0 Å². The molecule has 0 spiro atoms. The van der Waals surface area contributed by atoms with Gasteiger partial charge in [0, 0.05) is 12.3 Å². The molecule has 2 aliphatic heterocycles. The van der Waals surface area contributed by atoms with E-state index < -0.39 is 10.0 Å². The molecule has 1 aliphatic carbocycles. The zero-order valence-corrected chi connectivity index (χ0v) is 16.8. The summed E-state index contributed by atoms with van der Waals surface area (Å²) in [5.41, 5.74) is 1.53. The second-order valence-electron chi connectivity index (χ2n) is 8.20. The molecule has 0 bridgehead atoms. The number of likely N-dealkylation sites (tertiary alicyclic amines) is 1. The summed E-state index contributed by atoms with van der Waals surface area (Å²) in [6.45, 7) is 0.100. The number of carbonyl (C=O) groups is 1. The van der Waals surface area contributed by atoms with Gasteiger partial charge < -0.3 is 10.0 Å². The van der Waals surface area contributed by atoms with E-state index in [0.29, 0.717) is 18.0 Å². The van der Waals surface area contributed by atoms with Gasteiger partial charge in [-0.05, 0) is 42.5 Å². The molecule has 3 atom stereocenters. The molecular weight excluding hydrogens is 388 g/mol. The average Bonchev–Trinajstić information content (AvgIpc) is 3.52. The van der Waals surface area contributed by atoms with Gasteiger partial charge in [0.2, 0.25) is 5.91 Å². The predicted molar refractivity (Wildman–Crippen MR) is 109 cm³/mol. The fourth-order valence-corrected chi connectivity index (χ4v) is 6.35. The fraction of sp³-hybridized carbons (Fsp3) is 0.409. The van der Waals surface area contributed by atoms with Gasteiger partial charge in [0.05, 0.1) is 35.8 Å². The van der Waals surface area contributed by atoms with Crippen molar-refractivity contribution >= 4 is 21.6 Å². The highest BCUT2D eigenvalue weighted by Gasteiger charge is 2.56. The lowest BCUT2D eigenvalue weighted by molar-refractivity contribution is -0.150. The summed E-state index contributed by atoms with van der Waals surface area (Å²) in [7, 11) is -3.75. The first kappa shape index (κ1) is 18.6. The van der Waals surface area contributed by atoms with E-state index in [-0.39, 0.29) is 42.0 Å². The van der Waals surface area contributed by atoms with Crippen molar-refractivity contribution in [2.45, 2.75) is 42.2 Å². The SMILES string of the molecule is O=C(CC1CC1)N1[C@@H](CO)[C@@H]2c3ccccc3N(S(=O)(=O)c3ccccc3)C[C@@H]21. The van der Waals surface area contributed by atoms with E-state index in [9.17, 15) is 18.3 Å². The summed E-state index contributed by atoms with van der Waals surface area (Å²) in [5.74, 6) is 0.437. The van der Waals surface area contributed by atoms with Gasteiger partial charge in [-0.25, -0.2) is 8.42 Å². The number of hydrogen-bond donors (Lipinski definition) is 1. The smallest absolute Gasteiger partial charge is 0.264 e. The van der Waals surface area contributed by atoms with Gasteiger partial charge in [-0.3, -0.25) is 9.10 Å². The van der Waals surface area contributed by atoms with Crippen molar-refractivity contribution in [1.29, 1.82) is 0 Å². The van der Waals surface area contributed by atoms with Crippen LogP contribution in [0, 0.1) is 5.92 Å². The van der Waals surface area contributed by atoms with Crippen molar-refractivity contribution in [3.8, 4) is 0 Å². The van der Waals surface area contributed by atoms with Crippen LogP contribution >= 0.6 is 0 Å². The zero-order valence-electron chi connectivity index (χ0n) is 16.0. The van der Waals surface area contributed by atoms with Crippen molar-refractivity contribution in [2.75, 3.05) is 17.5 Å². The van der Waals surface area contributed by atoms with E-state index in [1.807, 2.05) is 24.3 Å². The normalized spacial score (nSPS) is 25.8.